The molecular formula is C14H29N3O. The van der Waals surface area contributed by atoms with E-state index in [9.17, 15) is 4.79 Å². The fourth-order valence-corrected chi connectivity index (χ4v) is 2.46. The van der Waals surface area contributed by atoms with E-state index in [1.165, 1.54) is 19.3 Å². The summed E-state index contributed by atoms with van der Waals surface area (Å²) >= 11 is 0. The Hall–Kier alpha value is -0.770. The molecule has 1 saturated carbocycles. The van der Waals surface area contributed by atoms with Crippen molar-refractivity contribution in [2.45, 2.75) is 58.0 Å². The van der Waals surface area contributed by atoms with Crippen LogP contribution in [0.25, 0.3) is 0 Å². The molecule has 1 aliphatic carbocycles. The van der Waals surface area contributed by atoms with E-state index in [0.29, 0.717) is 12.0 Å². The zero-order valence-electron chi connectivity index (χ0n) is 12.3. The van der Waals surface area contributed by atoms with Crippen molar-refractivity contribution in [3.05, 3.63) is 0 Å². The van der Waals surface area contributed by atoms with Crippen LogP contribution in [0.1, 0.15) is 46.0 Å². The Morgan fingerprint density at radius 3 is 2.33 bits per heavy atom. The Morgan fingerprint density at radius 1 is 1.22 bits per heavy atom. The highest BCUT2D eigenvalue weighted by Crippen LogP contribution is 2.17. The van der Waals surface area contributed by atoms with Crippen molar-refractivity contribution < 1.29 is 4.79 Å². The molecule has 0 aromatic carbocycles. The first kappa shape index (κ1) is 15.3. The highest BCUT2D eigenvalue weighted by atomic mass is 16.2. The quantitative estimate of drug-likeness (QED) is 0.791. The molecule has 0 radical (unpaired) electrons. The Balaban J connectivity index is 2.35. The van der Waals surface area contributed by atoms with Crippen LogP contribution in [-0.2, 0) is 0 Å². The number of hydrogen-bond acceptors (Lipinski definition) is 2. The maximum absolute atomic E-state index is 12.0. The fraction of sp³-hybridized carbons (Fsp3) is 0.929. The standard InChI is InChI=1S/C14H29N3O/c1-11(2)13(10-17(3)4)16-14(18)15-12-8-6-5-7-9-12/h11-13H,5-10H2,1-4H3,(H2,15,16,18). The second kappa shape index (κ2) is 7.62. The highest BCUT2D eigenvalue weighted by Gasteiger charge is 2.20. The monoisotopic (exact) mass is 255 g/mol. The lowest BCUT2D eigenvalue weighted by Crippen LogP contribution is -2.51. The lowest BCUT2D eigenvalue weighted by atomic mass is 9.96. The summed E-state index contributed by atoms with van der Waals surface area (Å²) in [6, 6.07) is 0.594. The van der Waals surface area contributed by atoms with Gasteiger partial charge in [-0.1, -0.05) is 33.1 Å². The molecule has 0 heterocycles. The van der Waals surface area contributed by atoms with Crippen LogP contribution in [0.4, 0.5) is 4.79 Å². The Labute approximate surface area is 111 Å². The molecule has 18 heavy (non-hydrogen) atoms. The van der Waals surface area contributed by atoms with Gasteiger partial charge < -0.3 is 15.5 Å². The van der Waals surface area contributed by atoms with Crippen molar-refractivity contribution in [1.29, 1.82) is 0 Å². The summed E-state index contributed by atoms with van der Waals surface area (Å²) in [6.07, 6.45) is 6.07. The molecule has 4 heteroatoms. The minimum atomic E-state index is 0.00227. The zero-order valence-corrected chi connectivity index (χ0v) is 12.3. The number of nitrogens with zero attached hydrogens (tertiary/aromatic N) is 1. The fourth-order valence-electron chi connectivity index (χ4n) is 2.46. The van der Waals surface area contributed by atoms with Gasteiger partial charge in [-0.3, -0.25) is 0 Å². The largest absolute Gasteiger partial charge is 0.335 e. The molecule has 0 aromatic heterocycles. The minimum absolute atomic E-state index is 0.00227. The minimum Gasteiger partial charge on any atom is -0.335 e. The lowest BCUT2D eigenvalue weighted by molar-refractivity contribution is 0.217. The first-order valence-electron chi connectivity index (χ1n) is 7.20. The van der Waals surface area contributed by atoms with Crippen LogP contribution < -0.4 is 10.6 Å². The summed E-state index contributed by atoms with van der Waals surface area (Å²) in [5, 5.41) is 6.21. The molecule has 1 rings (SSSR count). The third-order valence-corrected chi connectivity index (χ3v) is 3.62. The zero-order chi connectivity index (χ0) is 13.5. The van der Waals surface area contributed by atoms with E-state index in [1.54, 1.807) is 0 Å². The molecule has 1 aliphatic rings. The molecule has 0 aromatic rings. The van der Waals surface area contributed by atoms with E-state index in [0.717, 1.165) is 19.4 Å². The molecular weight excluding hydrogens is 226 g/mol. The van der Waals surface area contributed by atoms with Gasteiger partial charge in [0.15, 0.2) is 0 Å². The predicted octanol–water partition coefficient (Wildman–Crippen LogP) is 2.20. The normalized spacial score (nSPS) is 19.0. The first-order valence-corrected chi connectivity index (χ1v) is 7.20. The third-order valence-electron chi connectivity index (χ3n) is 3.62. The molecule has 1 fully saturated rings. The number of hydrogen-bond donors (Lipinski definition) is 2. The number of likely N-dealkylation sites (N-methyl/N-ethyl adjacent to an activating group) is 1. The summed E-state index contributed by atoms with van der Waals surface area (Å²) in [5.41, 5.74) is 0. The Morgan fingerprint density at radius 2 is 1.83 bits per heavy atom. The van der Waals surface area contributed by atoms with Crippen molar-refractivity contribution in [1.82, 2.24) is 15.5 Å². The smallest absolute Gasteiger partial charge is 0.315 e. The molecule has 2 amide bonds. The van der Waals surface area contributed by atoms with E-state index in [4.69, 9.17) is 0 Å². The average Bonchev–Trinajstić information content (AvgIpc) is 2.28. The van der Waals surface area contributed by atoms with Gasteiger partial charge in [-0.05, 0) is 32.9 Å². The highest BCUT2D eigenvalue weighted by molar-refractivity contribution is 5.74. The van der Waals surface area contributed by atoms with E-state index in [1.807, 2.05) is 14.1 Å². The maximum atomic E-state index is 12.0. The number of rotatable bonds is 5. The number of amides is 2. The van der Waals surface area contributed by atoms with Crippen LogP contribution in [0, 0.1) is 5.92 Å². The first-order chi connectivity index (χ1) is 8.49. The molecule has 0 aliphatic heterocycles. The number of nitrogens with one attached hydrogen (secondary N) is 2. The van der Waals surface area contributed by atoms with Crippen LogP contribution >= 0.6 is 0 Å². The number of carbonyl (C=O) groups is 1. The van der Waals surface area contributed by atoms with Gasteiger partial charge in [0.25, 0.3) is 0 Å². The molecule has 0 saturated heterocycles. The van der Waals surface area contributed by atoms with Gasteiger partial charge in [0.05, 0.1) is 0 Å². The van der Waals surface area contributed by atoms with E-state index < -0.39 is 0 Å². The van der Waals surface area contributed by atoms with E-state index >= 15 is 0 Å². The van der Waals surface area contributed by atoms with Crippen molar-refractivity contribution >= 4 is 6.03 Å². The van der Waals surface area contributed by atoms with Crippen LogP contribution in [0.2, 0.25) is 0 Å². The second-order valence-corrected chi connectivity index (χ2v) is 6.07. The van der Waals surface area contributed by atoms with Crippen molar-refractivity contribution in [2.75, 3.05) is 20.6 Å². The van der Waals surface area contributed by atoms with Crippen LogP contribution in [-0.4, -0.2) is 43.7 Å². The van der Waals surface area contributed by atoms with Crippen molar-refractivity contribution in [3.63, 3.8) is 0 Å². The van der Waals surface area contributed by atoms with Crippen molar-refractivity contribution in [2.24, 2.45) is 5.92 Å². The predicted molar refractivity (Wildman–Crippen MR) is 75.7 cm³/mol. The van der Waals surface area contributed by atoms with Crippen LogP contribution in [0.3, 0.4) is 0 Å². The van der Waals surface area contributed by atoms with Crippen LogP contribution in [0.15, 0.2) is 0 Å². The van der Waals surface area contributed by atoms with Gasteiger partial charge in [0, 0.05) is 18.6 Å². The molecule has 0 bridgehead atoms. The summed E-state index contributed by atoms with van der Waals surface area (Å²) in [5.74, 6) is 0.449. The molecule has 2 N–H and O–H groups in total. The number of carbonyl (C=O) groups excluding carboxylic acids is 1. The van der Waals surface area contributed by atoms with E-state index in [2.05, 4.69) is 29.4 Å². The van der Waals surface area contributed by atoms with Gasteiger partial charge in [0.2, 0.25) is 0 Å². The maximum Gasteiger partial charge on any atom is 0.315 e. The summed E-state index contributed by atoms with van der Waals surface area (Å²) in [4.78, 5) is 14.1. The van der Waals surface area contributed by atoms with Gasteiger partial charge in [-0.25, -0.2) is 4.79 Å². The Bertz CT molecular complexity index is 247. The van der Waals surface area contributed by atoms with Crippen molar-refractivity contribution in [3.8, 4) is 0 Å². The second-order valence-electron chi connectivity index (χ2n) is 6.07. The van der Waals surface area contributed by atoms with Gasteiger partial charge >= 0.3 is 6.03 Å². The lowest BCUT2D eigenvalue weighted by Gasteiger charge is -2.28. The topological polar surface area (TPSA) is 44.4 Å². The Kier molecular flexibility index (Phi) is 6.47. The SMILES string of the molecule is CC(C)C(CN(C)C)NC(=O)NC1CCCCC1. The molecule has 1 atom stereocenters. The van der Waals surface area contributed by atoms with Gasteiger partial charge in [0.1, 0.15) is 0 Å². The van der Waals surface area contributed by atoms with Gasteiger partial charge in [-0.15, -0.1) is 0 Å². The van der Waals surface area contributed by atoms with Crippen LogP contribution in [0.5, 0.6) is 0 Å². The third kappa shape index (κ3) is 5.71. The van der Waals surface area contributed by atoms with E-state index in [-0.39, 0.29) is 12.1 Å². The number of urea groups is 1. The average molecular weight is 255 g/mol. The summed E-state index contributed by atoms with van der Waals surface area (Å²) in [6.45, 7) is 5.18. The molecule has 1 unspecified atom stereocenters. The molecule has 4 nitrogen and oxygen atoms in total. The molecule has 106 valence electrons. The van der Waals surface area contributed by atoms with Gasteiger partial charge in [-0.2, -0.15) is 0 Å². The summed E-state index contributed by atoms with van der Waals surface area (Å²) in [7, 11) is 4.08. The summed E-state index contributed by atoms with van der Waals surface area (Å²) < 4.78 is 0. The molecule has 0 spiro atoms.